The highest BCUT2D eigenvalue weighted by molar-refractivity contribution is 5.92. The number of nitrogens with zero attached hydrogens (tertiary/aromatic N) is 3. The maximum atomic E-state index is 12.6. The first-order valence-electron chi connectivity index (χ1n) is 12.6. The highest BCUT2D eigenvalue weighted by Crippen LogP contribution is 2.34. The fraction of sp³-hybridized carbons (Fsp3) is 0.345. The topological polar surface area (TPSA) is 104 Å². The Morgan fingerprint density at radius 1 is 1.14 bits per heavy atom. The predicted molar refractivity (Wildman–Crippen MR) is 144 cm³/mol. The number of benzene rings is 2. The summed E-state index contributed by atoms with van der Waals surface area (Å²) in [6, 6.07) is 13.7. The van der Waals surface area contributed by atoms with Crippen molar-refractivity contribution in [1.29, 1.82) is 0 Å². The number of anilines is 1. The van der Waals surface area contributed by atoms with Gasteiger partial charge in [0, 0.05) is 23.8 Å². The lowest BCUT2D eigenvalue weighted by molar-refractivity contribution is -0.115. The maximum absolute atomic E-state index is 12.6. The molecule has 3 N–H and O–H groups in total. The molecule has 8 nitrogen and oxygen atoms in total. The van der Waals surface area contributed by atoms with E-state index in [2.05, 4.69) is 36.2 Å². The summed E-state index contributed by atoms with van der Waals surface area (Å²) in [5.74, 6) is 2.11. The third-order valence-electron chi connectivity index (χ3n) is 6.48. The van der Waals surface area contributed by atoms with Gasteiger partial charge in [0.1, 0.15) is 23.4 Å². The number of pyridine rings is 1. The number of ether oxygens (including phenoxy) is 2. The lowest BCUT2D eigenvalue weighted by Gasteiger charge is -2.32. The van der Waals surface area contributed by atoms with E-state index >= 15 is 0 Å². The number of nitrogens with two attached hydrogens (primary N) is 1. The summed E-state index contributed by atoms with van der Waals surface area (Å²) in [6.07, 6.45) is 7.41. The molecule has 37 heavy (non-hydrogen) atoms. The number of carbonyl (C=O) groups excluding carboxylic acids is 1. The summed E-state index contributed by atoms with van der Waals surface area (Å²) in [6.45, 7) is 8.16. The van der Waals surface area contributed by atoms with E-state index in [0.717, 1.165) is 46.4 Å². The molecule has 0 aliphatic heterocycles. The molecule has 1 saturated carbocycles. The van der Waals surface area contributed by atoms with E-state index in [1.807, 2.05) is 60.3 Å². The zero-order chi connectivity index (χ0) is 26.2. The normalized spacial score (nSPS) is 17.3. The van der Waals surface area contributed by atoms with Gasteiger partial charge in [-0.2, -0.15) is 5.10 Å². The number of amides is 1. The van der Waals surface area contributed by atoms with E-state index in [4.69, 9.17) is 15.2 Å². The Balaban J connectivity index is 1.27. The van der Waals surface area contributed by atoms with Gasteiger partial charge in [0.05, 0.1) is 29.4 Å². The molecule has 1 aliphatic rings. The Kier molecular flexibility index (Phi) is 6.60. The van der Waals surface area contributed by atoms with E-state index in [-0.39, 0.29) is 30.0 Å². The molecule has 1 amide bonds. The van der Waals surface area contributed by atoms with Gasteiger partial charge in [-0.15, -0.1) is 0 Å². The van der Waals surface area contributed by atoms with Gasteiger partial charge in [0.25, 0.3) is 0 Å². The zero-order valence-corrected chi connectivity index (χ0v) is 21.7. The quantitative estimate of drug-likeness (QED) is 0.356. The summed E-state index contributed by atoms with van der Waals surface area (Å²) in [5.41, 5.74) is 9.10. The number of fused-ring (bicyclic) bond motifs is 1. The second-order valence-electron chi connectivity index (χ2n) is 10.7. The van der Waals surface area contributed by atoms with Crippen LogP contribution in [0.25, 0.3) is 10.9 Å². The van der Waals surface area contributed by atoms with Crippen molar-refractivity contribution in [2.75, 3.05) is 5.32 Å². The molecular formula is C29H33N5O3. The monoisotopic (exact) mass is 499 g/mol. The first-order valence-corrected chi connectivity index (χ1v) is 12.6. The van der Waals surface area contributed by atoms with Crippen molar-refractivity contribution in [3.05, 3.63) is 72.2 Å². The van der Waals surface area contributed by atoms with Crippen LogP contribution in [0.4, 0.5) is 5.69 Å². The molecule has 1 aliphatic carbocycles. The minimum Gasteiger partial charge on any atom is -0.490 e. The second-order valence-corrected chi connectivity index (χ2v) is 10.7. The maximum Gasteiger partial charge on any atom is 0.228 e. The van der Waals surface area contributed by atoms with Crippen LogP contribution in [0, 0.1) is 6.92 Å². The molecule has 2 heterocycles. The Morgan fingerprint density at radius 3 is 2.65 bits per heavy atom. The SMILES string of the molecule is Cc1cc(CC(=O)Nc2cnn(C(C)(C)C)c2)ccc1Oc1ccnc2ccc(O[C@H]3C[C@H](N)C3)cc12. The van der Waals surface area contributed by atoms with Crippen LogP contribution < -0.4 is 20.5 Å². The van der Waals surface area contributed by atoms with Crippen LogP contribution in [0.2, 0.25) is 0 Å². The van der Waals surface area contributed by atoms with Crippen LogP contribution in [0.3, 0.4) is 0 Å². The van der Waals surface area contributed by atoms with Crippen molar-refractivity contribution in [1.82, 2.24) is 14.8 Å². The number of hydrogen-bond donors (Lipinski definition) is 2. The van der Waals surface area contributed by atoms with Gasteiger partial charge in [-0.3, -0.25) is 14.5 Å². The van der Waals surface area contributed by atoms with Crippen LogP contribution in [0.1, 0.15) is 44.7 Å². The highest BCUT2D eigenvalue weighted by Gasteiger charge is 2.27. The van der Waals surface area contributed by atoms with Crippen LogP contribution >= 0.6 is 0 Å². The van der Waals surface area contributed by atoms with Gasteiger partial charge in [0.15, 0.2) is 0 Å². The summed E-state index contributed by atoms with van der Waals surface area (Å²) < 4.78 is 14.2. The Hall–Kier alpha value is -3.91. The molecule has 0 radical (unpaired) electrons. The first kappa shape index (κ1) is 24.8. The van der Waals surface area contributed by atoms with Crippen LogP contribution in [-0.4, -0.2) is 32.8 Å². The molecule has 192 valence electrons. The van der Waals surface area contributed by atoms with Crippen molar-refractivity contribution >= 4 is 22.5 Å². The molecule has 5 rings (SSSR count). The lowest BCUT2D eigenvalue weighted by atomic mass is 9.90. The fourth-order valence-electron chi connectivity index (χ4n) is 4.36. The molecule has 0 atom stereocenters. The van der Waals surface area contributed by atoms with Crippen molar-refractivity contribution in [2.24, 2.45) is 5.73 Å². The van der Waals surface area contributed by atoms with Gasteiger partial charge < -0.3 is 20.5 Å². The molecule has 2 aromatic carbocycles. The number of aryl methyl sites for hydroxylation is 1. The summed E-state index contributed by atoms with van der Waals surface area (Å²) in [5, 5.41) is 8.14. The highest BCUT2D eigenvalue weighted by atomic mass is 16.5. The van der Waals surface area contributed by atoms with Crippen molar-refractivity contribution < 1.29 is 14.3 Å². The molecular weight excluding hydrogens is 466 g/mol. The van der Waals surface area contributed by atoms with E-state index < -0.39 is 0 Å². The van der Waals surface area contributed by atoms with Gasteiger partial charge in [0.2, 0.25) is 5.91 Å². The summed E-state index contributed by atoms with van der Waals surface area (Å²) >= 11 is 0. The van der Waals surface area contributed by atoms with Gasteiger partial charge >= 0.3 is 0 Å². The molecule has 2 aromatic heterocycles. The average Bonchev–Trinajstić information content (AvgIpc) is 3.29. The van der Waals surface area contributed by atoms with Crippen molar-refractivity contribution in [2.45, 2.75) is 64.6 Å². The summed E-state index contributed by atoms with van der Waals surface area (Å²) in [4.78, 5) is 17.1. The summed E-state index contributed by atoms with van der Waals surface area (Å²) in [7, 11) is 0. The van der Waals surface area contributed by atoms with Gasteiger partial charge in [-0.1, -0.05) is 12.1 Å². The molecule has 0 saturated heterocycles. The van der Waals surface area contributed by atoms with Gasteiger partial charge in [-0.25, -0.2) is 0 Å². The molecule has 4 aromatic rings. The molecule has 0 unspecified atom stereocenters. The smallest absolute Gasteiger partial charge is 0.228 e. The zero-order valence-electron chi connectivity index (χ0n) is 21.7. The third kappa shape index (κ3) is 5.75. The minimum atomic E-state index is -0.143. The molecule has 0 bridgehead atoms. The number of nitrogens with one attached hydrogen (secondary N) is 1. The predicted octanol–water partition coefficient (Wildman–Crippen LogP) is 5.34. The van der Waals surface area contributed by atoms with Crippen LogP contribution in [-0.2, 0) is 16.8 Å². The number of hydrogen-bond acceptors (Lipinski definition) is 6. The second kappa shape index (κ2) is 9.86. The largest absolute Gasteiger partial charge is 0.490 e. The first-order chi connectivity index (χ1) is 17.6. The number of aromatic nitrogens is 3. The number of rotatable bonds is 7. The van der Waals surface area contributed by atoms with E-state index in [1.165, 1.54) is 0 Å². The van der Waals surface area contributed by atoms with E-state index in [1.54, 1.807) is 12.4 Å². The van der Waals surface area contributed by atoms with Crippen LogP contribution in [0.15, 0.2) is 61.1 Å². The Labute approximate surface area is 216 Å². The molecule has 8 heteroatoms. The Morgan fingerprint density at radius 2 is 1.95 bits per heavy atom. The molecule has 1 fully saturated rings. The fourth-order valence-corrected chi connectivity index (χ4v) is 4.36. The number of carbonyl (C=O) groups is 1. The Bertz CT molecular complexity index is 1430. The van der Waals surface area contributed by atoms with E-state index in [9.17, 15) is 4.79 Å². The minimum absolute atomic E-state index is 0.0957. The van der Waals surface area contributed by atoms with Crippen molar-refractivity contribution in [3.63, 3.8) is 0 Å². The lowest BCUT2D eigenvalue weighted by Crippen LogP contribution is -2.43. The van der Waals surface area contributed by atoms with Crippen molar-refractivity contribution in [3.8, 4) is 17.2 Å². The average molecular weight is 500 g/mol. The van der Waals surface area contributed by atoms with Crippen LogP contribution in [0.5, 0.6) is 17.2 Å². The van der Waals surface area contributed by atoms with Gasteiger partial charge in [-0.05, 0) is 82.0 Å². The third-order valence-corrected chi connectivity index (χ3v) is 6.48. The van der Waals surface area contributed by atoms with E-state index in [0.29, 0.717) is 11.4 Å². The molecule has 0 spiro atoms. The standard InChI is InChI=1S/C29H33N5O3/c1-18-11-19(12-28(35)33-21-16-32-34(17-21)29(2,3)4)5-8-26(18)37-27-9-10-31-25-7-6-22(15-24(25)27)36-23-13-20(30)14-23/h5-11,15-17,20,23H,12-14,30H2,1-4H3,(H,33,35)/t20-,23-.